The van der Waals surface area contributed by atoms with E-state index in [0.29, 0.717) is 25.7 Å². The summed E-state index contributed by atoms with van der Waals surface area (Å²) >= 11 is 0. The van der Waals surface area contributed by atoms with Crippen molar-refractivity contribution in [3.63, 3.8) is 0 Å². The molecule has 0 aliphatic heterocycles. The number of esters is 1. The quantitative estimate of drug-likeness (QED) is 0.491. The fourth-order valence-electron chi connectivity index (χ4n) is 1.31. The number of carbonyl (C=O) groups is 2. The molecule has 0 aliphatic carbocycles. The highest BCUT2D eigenvalue weighted by Crippen LogP contribution is 2.05. The lowest BCUT2D eigenvalue weighted by atomic mass is 10.1. The molecule has 0 saturated carbocycles. The predicted molar refractivity (Wildman–Crippen MR) is 59.9 cm³/mol. The molecule has 0 rings (SSSR count). The Morgan fingerprint density at radius 2 is 2.06 bits per heavy atom. The third kappa shape index (κ3) is 7.30. The second kappa shape index (κ2) is 9.60. The van der Waals surface area contributed by atoms with Gasteiger partial charge in [-0.3, -0.25) is 4.79 Å². The molecule has 0 unspecified atom stereocenters. The minimum atomic E-state index is -0.665. The number of ether oxygens (including phenoxy) is 2. The second-order valence-electron chi connectivity index (χ2n) is 3.48. The fourth-order valence-corrected chi connectivity index (χ4v) is 1.31. The van der Waals surface area contributed by atoms with Gasteiger partial charge in [0.2, 0.25) is 5.91 Å². The van der Waals surface area contributed by atoms with Gasteiger partial charge in [0.05, 0.1) is 13.2 Å². The van der Waals surface area contributed by atoms with Crippen molar-refractivity contribution in [3.05, 3.63) is 0 Å². The number of hydrogen-bond acceptors (Lipinski definition) is 5. The Bertz CT molecular complexity index is 286. The van der Waals surface area contributed by atoms with E-state index in [9.17, 15) is 9.59 Å². The third-order valence-electron chi connectivity index (χ3n) is 2.13. The molecule has 96 valence electrons. The van der Waals surface area contributed by atoms with Crippen LogP contribution in [-0.2, 0) is 19.1 Å². The van der Waals surface area contributed by atoms with Crippen LogP contribution in [0.5, 0.6) is 0 Å². The van der Waals surface area contributed by atoms with Crippen LogP contribution in [0.2, 0.25) is 0 Å². The molecule has 0 aromatic heterocycles. The van der Waals surface area contributed by atoms with E-state index in [1.54, 1.807) is 0 Å². The first-order valence-electron chi connectivity index (χ1n) is 5.38. The topological polar surface area (TPSA) is 88.4 Å². The molecule has 0 heterocycles. The van der Waals surface area contributed by atoms with Crippen molar-refractivity contribution >= 4 is 11.9 Å². The number of carbonyl (C=O) groups excluding carboxylic acids is 2. The maximum absolute atomic E-state index is 11.4. The number of methoxy groups -OCH3 is 2. The first-order valence-corrected chi connectivity index (χ1v) is 5.38. The van der Waals surface area contributed by atoms with E-state index in [1.807, 2.05) is 6.07 Å². The standard InChI is InChI=1S/C11H18N2O4/c1-16-8-10(14)13-9(11(15)17-2)6-4-3-5-7-12/h9H,3-6,8H2,1-2H3,(H,13,14)/t9-/m0/s1. The molecule has 0 bridgehead atoms. The molecule has 0 aliphatic rings. The van der Waals surface area contributed by atoms with E-state index in [1.165, 1.54) is 14.2 Å². The van der Waals surface area contributed by atoms with E-state index < -0.39 is 12.0 Å². The van der Waals surface area contributed by atoms with E-state index in [-0.39, 0.29) is 12.5 Å². The Labute approximate surface area is 101 Å². The van der Waals surface area contributed by atoms with Crippen LogP contribution in [0.1, 0.15) is 25.7 Å². The summed E-state index contributed by atoms with van der Waals surface area (Å²) in [6.07, 6.45) is 2.29. The second-order valence-corrected chi connectivity index (χ2v) is 3.48. The number of nitrogens with one attached hydrogen (secondary N) is 1. The molecule has 17 heavy (non-hydrogen) atoms. The fraction of sp³-hybridized carbons (Fsp3) is 0.727. The molecule has 0 aromatic rings. The van der Waals surface area contributed by atoms with Crippen molar-refractivity contribution in [2.75, 3.05) is 20.8 Å². The first kappa shape index (κ1) is 15.4. The Hall–Kier alpha value is -1.61. The Morgan fingerprint density at radius 1 is 1.35 bits per heavy atom. The third-order valence-corrected chi connectivity index (χ3v) is 2.13. The number of nitriles is 1. The summed E-state index contributed by atoms with van der Waals surface area (Å²) in [7, 11) is 2.67. The van der Waals surface area contributed by atoms with Crippen molar-refractivity contribution in [2.45, 2.75) is 31.7 Å². The van der Waals surface area contributed by atoms with Gasteiger partial charge in [-0.15, -0.1) is 0 Å². The SMILES string of the molecule is COCC(=O)N[C@@H](CCCCC#N)C(=O)OC. The maximum atomic E-state index is 11.4. The molecular formula is C11H18N2O4. The summed E-state index contributed by atoms with van der Waals surface area (Å²) in [5.74, 6) is -0.838. The predicted octanol–water partition coefficient (Wildman–Crippen LogP) is 0.375. The Morgan fingerprint density at radius 3 is 2.59 bits per heavy atom. The van der Waals surface area contributed by atoms with Crippen molar-refractivity contribution in [1.29, 1.82) is 5.26 Å². The highest BCUT2D eigenvalue weighted by atomic mass is 16.5. The van der Waals surface area contributed by atoms with Crippen LogP contribution in [0.15, 0.2) is 0 Å². The van der Waals surface area contributed by atoms with Gasteiger partial charge in [-0.2, -0.15) is 5.26 Å². The lowest BCUT2D eigenvalue weighted by molar-refractivity contribution is -0.145. The zero-order chi connectivity index (χ0) is 13.1. The van der Waals surface area contributed by atoms with E-state index in [4.69, 9.17) is 5.26 Å². The van der Waals surface area contributed by atoms with Gasteiger partial charge in [0.25, 0.3) is 0 Å². The average Bonchev–Trinajstić information content (AvgIpc) is 2.32. The van der Waals surface area contributed by atoms with Crippen LogP contribution >= 0.6 is 0 Å². The molecule has 0 fully saturated rings. The lowest BCUT2D eigenvalue weighted by Crippen LogP contribution is -2.43. The van der Waals surface area contributed by atoms with Gasteiger partial charge in [0.15, 0.2) is 0 Å². The molecule has 0 saturated heterocycles. The number of rotatable bonds is 8. The highest BCUT2D eigenvalue weighted by Gasteiger charge is 2.20. The lowest BCUT2D eigenvalue weighted by Gasteiger charge is -2.15. The van der Waals surface area contributed by atoms with Gasteiger partial charge >= 0.3 is 5.97 Å². The van der Waals surface area contributed by atoms with E-state index in [2.05, 4.69) is 14.8 Å². The molecule has 1 N–H and O–H groups in total. The van der Waals surface area contributed by atoms with Gasteiger partial charge in [-0.05, 0) is 19.3 Å². The summed E-state index contributed by atoms with van der Waals surface area (Å²) in [5.41, 5.74) is 0. The number of amides is 1. The van der Waals surface area contributed by atoms with Crippen LogP contribution in [0, 0.1) is 11.3 Å². The van der Waals surface area contributed by atoms with Crippen molar-refractivity contribution in [3.8, 4) is 6.07 Å². The van der Waals surface area contributed by atoms with E-state index >= 15 is 0 Å². The highest BCUT2D eigenvalue weighted by molar-refractivity contribution is 5.84. The van der Waals surface area contributed by atoms with Gasteiger partial charge in [0, 0.05) is 13.5 Å². The smallest absolute Gasteiger partial charge is 0.328 e. The van der Waals surface area contributed by atoms with E-state index in [0.717, 1.165) is 0 Å². The summed E-state index contributed by atoms with van der Waals surface area (Å²) in [6.45, 7) is -0.0916. The number of nitrogens with zero attached hydrogens (tertiary/aromatic N) is 1. The van der Waals surface area contributed by atoms with Crippen LogP contribution in [0.3, 0.4) is 0 Å². The van der Waals surface area contributed by atoms with Crippen molar-refractivity contribution in [1.82, 2.24) is 5.32 Å². The minimum Gasteiger partial charge on any atom is -0.467 e. The molecule has 6 nitrogen and oxygen atoms in total. The Balaban J connectivity index is 4.10. The normalized spacial score (nSPS) is 11.4. The monoisotopic (exact) mass is 242 g/mol. The maximum Gasteiger partial charge on any atom is 0.328 e. The van der Waals surface area contributed by atoms with Crippen LogP contribution in [-0.4, -0.2) is 38.7 Å². The Kier molecular flexibility index (Phi) is 8.69. The molecule has 0 spiro atoms. The van der Waals surface area contributed by atoms with Gasteiger partial charge in [-0.1, -0.05) is 0 Å². The largest absolute Gasteiger partial charge is 0.467 e. The zero-order valence-corrected chi connectivity index (χ0v) is 10.2. The summed E-state index contributed by atoms with van der Waals surface area (Å²) < 4.78 is 9.24. The van der Waals surface area contributed by atoms with Crippen LogP contribution < -0.4 is 5.32 Å². The summed E-state index contributed by atoms with van der Waals surface area (Å²) in [6, 6.07) is 1.36. The molecule has 6 heteroatoms. The molecular weight excluding hydrogens is 224 g/mol. The molecule has 1 atom stereocenters. The van der Waals surface area contributed by atoms with Gasteiger partial charge in [0.1, 0.15) is 12.6 Å². The molecule has 1 amide bonds. The molecule has 0 aromatic carbocycles. The van der Waals surface area contributed by atoms with Crippen molar-refractivity contribution in [2.24, 2.45) is 0 Å². The van der Waals surface area contributed by atoms with Crippen molar-refractivity contribution < 1.29 is 19.1 Å². The van der Waals surface area contributed by atoms with Crippen LogP contribution in [0.25, 0.3) is 0 Å². The zero-order valence-electron chi connectivity index (χ0n) is 10.2. The average molecular weight is 242 g/mol. The number of unbranched alkanes of at least 4 members (excludes halogenated alkanes) is 2. The van der Waals surface area contributed by atoms with Gasteiger partial charge < -0.3 is 14.8 Å². The van der Waals surface area contributed by atoms with Crippen LogP contribution in [0.4, 0.5) is 0 Å². The summed E-state index contributed by atoms with van der Waals surface area (Å²) in [5, 5.41) is 10.9. The molecule has 0 radical (unpaired) electrons. The number of hydrogen-bond donors (Lipinski definition) is 1. The summed E-state index contributed by atoms with van der Waals surface area (Å²) in [4.78, 5) is 22.6. The minimum absolute atomic E-state index is 0.0916. The first-order chi connectivity index (χ1) is 8.15. The van der Waals surface area contributed by atoms with Gasteiger partial charge in [-0.25, -0.2) is 4.79 Å².